The molecule has 35 heavy (non-hydrogen) atoms. The number of ether oxygens (including phenoxy) is 2. The molecule has 8 heteroatoms. The number of aromatic nitrogens is 1. The van der Waals surface area contributed by atoms with Crippen LogP contribution in [0.4, 0.5) is 5.69 Å². The molecule has 3 fully saturated rings. The molecule has 0 aliphatic carbocycles. The molecular weight excluding hydrogens is 444 g/mol. The van der Waals surface area contributed by atoms with Gasteiger partial charge < -0.3 is 24.6 Å². The van der Waals surface area contributed by atoms with Gasteiger partial charge in [-0.25, -0.2) is 0 Å². The number of carbonyl (C=O) groups excluding carboxylic acids is 2. The van der Waals surface area contributed by atoms with E-state index < -0.39 is 0 Å². The molecule has 0 atom stereocenters. The van der Waals surface area contributed by atoms with Crippen molar-refractivity contribution < 1.29 is 19.1 Å². The third-order valence-corrected chi connectivity index (χ3v) is 7.25. The monoisotopic (exact) mass is 478 g/mol. The number of amides is 2. The molecule has 186 valence electrons. The van der Waals surface area contributed by atoms with Crippen molar-refractivity contribution >= 4 is 17.5 Å². The SMILES string of the molecule is O=C(NC1CN(c2cccnc2)C1)c1ccc(OC2CCN(C(=O)CC3CCOCC3)CC2)cc1. The van der Waals surface area contributed by atoms with Gasteiger partial charge in [0.25, 0.3) is 5.91 Å². The summed E-state index contributed by atoms with van der Waals surface area (Å²) < 4.78 is 11.5. The molecule has 3 aliphatic rings. The molecule has 0 radical (unpaired) electrons. The van der Waals surface area contributed by atoms with Crippen molar-refractivity contribution in [3.63, 3.8) is 0 Å². The zero-order valence-corrected chi connectivity index (χ0v) is 20.1. The minimum Gasteiger partial charge on any atom is -0.490 e. The molecule has 0 bridgehead atoms. The molecule has 1 N–H and O–H groups in total. The lowest BCUT2D eigenvalue weighted by Gasteiger charge is -2.41. The maximum atomic E-state index is 12.6. The molecule has 0 spiro atoms. The topological polar surface area (TPSA) is 84.0 Å². The fraction of sp³-hybridized carbons (Fsp3) is 0.519. The van der Waals surface area contributed by atoms with Crippen molar-refractivity contribution in [1.29, 1.82) is 0 Å². The van der Waals surface area contributed by atoms with E-state index in [1.807, 2.05) is 47.5 Å². The Hall–Kier alpha value is -3.13. The Balaban J connectivity index is 1.03. The third kappa shape index (κ3) is 6.11. The van der Waals surface area contributed by atoms with Crippen LogP contribution in [-0.2, 0) is 9.53 Å². The molecular formula is C27H34N4O4. The summed E-state index contributed by atoms with van der Waals surface area (Å²) in [7, 11) is 0. The summed E-state index contributed by atoms with van der Waals surface area (Å²) in [6, 6.07) is 11.4. The van der Waals surface area contributed by atoms with Crippen LogP contribution in [0.5, 0.6) is 5.75 Å². The van der Waals surface area contributed by atoms with E-state index in [0.29, 0.717) is 17.9 Å². The number of rotatable bonds is 7. The predicted molar refractivity (Wildman–Crippen MR) is 133 cm³/mol. The Kier molecular flexibility index (Phi) is 7.47. The second-order valence-electron chi connectivity index (χ2n) is 9.77. The Morgan fingerprint density at radius 3 is 2.46 bits per heavy atom. The standard InChI is InChI=1S/C27H34N4O4/c32-26(16-20-9-14-34-15-10-20)30-12-7-25(8-13-30)35-24-5-3-21(4-6-24)27(33)29-22-18-31(19-22)23-2-1-11-28-17-23/h1-6,11,17,20,22,25H,7-10,12-16,18-19H2,(H,29,33). The van der Waals surface area contributed by atoms with Gasteiger partial charge in [0.2, 0.25) is 5.91 Å². The zero-order chi connectivity index (χ0) is 24.0. The molecule has 2 amide bonds. The number of nitrogens with zero attached hydrogens (tertiary/aromatic N) is 3. The Morgan fingerprint density at radius 2 is 1.77 bits per heavy atom. The summed E-state index contributed by atoms with van der Waals surface area (Å²) in [6.07, 6.45) is 7.97. The van der Waals surface area contributed by atoms with Crippen LogP contribution in [0.1, 0.15) is 42.5 Å². The Morgan fingerprint density at radius 1 is 1.03 bits per heavy atom. The van der Waals surface area contributed by atoms with Crippen LogP contribution < -0.4 is 15.0 Å². The van der Waals surface area contributed by atoms with Crippen molar-refractivity contribution in [2.75, 3.05) is 44.3 Å². The van der Waals surface area contributed by atoms with E-state index in [1.54, 1.807) is 6.20 Å². The first-order valence-electron chi connectivity index (χ1n) is 12.7. The molecule has 4 heterocycles. The summed E-state index contributed by atoms with van der Waals surface area (Å²) in [5.41, 5.74) is 1.71. The maximum absolute atomic E-state index is 12.6. The Bertz CT molecular complexity index is 980. The number of anilines is 1. The van der Waals surface area contributed by atoms with Crippen molar-refractivity contribution in [3.05, 3.63) is 54.4 Å². The highest BCUT2D eigenvalue weighted by molar-refractivity contribution is 5.94. The molecule has 3 aliphatic heterocycles. The summed E-state index contributed by atoms with van der Waals surface area (Å²) in [6.45, 7) is 4.61. The van der Waals surface area contributed by atoms with Crippen LogP contribution in [0.2, 0.25) is 0 Å². The van der Waals surface area contributed by atoms with Crippen LogP contribution >= 0.6 is 0 Å². The lowest BCUT2D eigenvalue weighted by atomic mass is 9.95. The fourth-order valence-electron chi connectivity index (χ4n) is 5.02. The minimum absolute atomic E-state index is 0.0660. The summed E-state index contributed by atoms with van der Waals surface area (Å²) in [5.74, 6) is 1.43. The maximum Gasteiger partial charge on any atom is 0.251 e. The lowest BCUT2D eigenvalue weighted by molar-refractivity contribution is -0.134. The van der Waals surface area contributed by atoms with E-state index in [0.717, 1.165) is 76.5 Å². The summed E-state index contributed by atoms with van der Waals surface area (Å²) >= 11 is 0. The van der Waals surface area contributed by atoms with Gasteiger partial charge in [0.15, 0.2) is 0 Å². The molecule has 3 saturated heterocycles. The van der Waals surface area contributed by atoms with Crippen LogP contribution in [0.3, 0.4) is 0 Å². The first-order valence-corrected chi connectivity index (χ1v) is 12.7. The molecule has 1 aromatic carbocycles. The largest absolute Gasteiger partial charge is 0.490 e. The fourth-order valence-corrected chi connectivity index (χ4v) is 5.02. The number of piperidine rings is 1. The number of pyridine rings is 1. The smallest absolute Gasteiger partial charge is 0.251 e. The van der Waals surface area contributed by atoms with E-state index in [-0.39, 0.29) is 24.0 Å². The summed E-state index contributed by atoms with van der Waals surface area (Å²) in [4.78, 5) is 33.6. The molecule has 0 saturated carbocycles. The molecule has 5 rings (SSSR count). The van der Waals surface area contributed by atoms with Gasteiger partial charge in [-0.1, -0.05) is 0 Å². The highest BCUT2D eigenvalue weighted by Crippen LogP contribution is 2.24. The van der Waals surface area contributed by atoms with E-state index in [2.05, 4.69) is 15.2 Å². The molecule has 1 aromatic heterocycles. The van der Waals surface area contributed by atoms with Crippen LogP contribution in [0, 0.1) is 5.92 Å². The number of hydrogen-bond acceptors (Lipinski definition) is 6. The zero-order valence-electron chi connectivity index (χ0n) is 20.1. The van der Waals surface area contributed by atoms with E-state index in [1.165, 1.54) is 0 Å². The molecule has 0 unspecified atom stereocenters. The van der Waals surface area contributed by atoms with E-state index >= 15 is 0 Å². The normalized spacial score (nSPS) is 19.8. The molecule has 8 nitrogen and oxygen atoms in total. The first kappa shape index (κ1) is 23.6. The highest BCUT2D eigenvalue weighted by Gasteiger charge is 2.29. The molecule has 2 aromatic rings. The van der Waals surface area contributed by atoms with Gasteiger partial charge in [0, 0.05) is 70.4 Å². The highest BCUT2D eigenvalue weighted by atomic mass is 16.5. The van der Waals surface area contributed by atoms with Crippen molar-refractivity contribution in [2.24, 2.45) is 5.92 Å². The predicted octanol–water partition coefficient (Wildman–Crippen LogP) is 2.89. The van der Waals surface area contributed by atoms with Gasteiger partial charge >= 0.3 is 0 Å². The van der Waals surface area contributed by atoms with Gasteiger partial charge in [-0.05, 0) is 55.2 Å². The number of nitrogens with one attached hydrogen (secondary N) is 1. The van der Waals surface area contributed by atoms with Crippen molar-refractivity contribution in [1.82, 2.24) is 15.2 Å². The number of hydrogen-bond donors (Lipinski definition) is 1. The van der Waals surface area contributed by atoms with Gasteiger partial charge in [0.1, 0.15) is 11.9 Å². The van der Waals surface area contributed by atoms with Crippen molar-refractivity contribution in [3.8, 4) is 5.75 Å². The minimum atomic E-state index is -0.0660. The van der Waals surface area contributed by atoms with Gasteiger partial charge in [-0.2, -0.15) is 0 Å². The van der Waals surface area contributed by atoms with Gasteiger partial charge in [0.05, 0.1) is 17.9 Å². The van der Waals surface area contributed by atoms with Crippen LogP contribution in [-0.4, -0.2) is 73.2 Å². The average Bonchev–Trinajstić information content (AvgIpc) is 2.88. The van der Waals surface area contributed by atoms with E-state index in [9.17, 15) is 9.59 Å². The van der Waals surface area contributed by atoms with Crippen LogP contribution in [0.15, 0.2) is 48.8 Å². The first-order chi connectivity index (χ1) is 17.1. The lowest BCUT2D eigenvalue weighted by Crippen LogP contribution is -2.59. The quantitative estimate of drug-likeness (QED) is 0.659. The van der Waals surface area contributed by atoms with Gasteiger partial charge in [-0.3, -0.25) is 14.6 Å². The second kappa shape index (κ2) is 11.1. The van der Waals surface area contributed by atoms with E-state index in [4.69, 9.17) is 9.47 Å². The number of carbonyl (C=O) groups is 2. The Labute approximate surface area is 206 Å². The van der Waals surface area contributed by atoms with Crippen LogP contribution in [0.25, 0.3) is 0 Å². The van der Waals surface area contributed by atoms with Gasteiger partial charge in [-0.15, -0.1) is 0 Å². The third-order valence-electron chi connectivity index (χ3n) is 7.25. The van der Waals surface area contributed by atoms with Crippen molar-refractivity contribution in [2.45, 2.75) is 44.2 Å². The second-order valence-corrected chi connectivity index (χ2v) is 9.77. The average molecular weight is 479 g/mol. The number of benzene rings is 1. The summed E-state index contributed by atoms with van der Waals surface area (Å²) in [5, 5.41) is 3.09. The number of likely N-dealkylation sites (tertiary alicyclic amines) is 1.